The zero-order valence-electron chi connectivity index (χ0n) is 17.7. The van der Waals surface area contributed by atoms with Gasteiger partial charge < -0.3 is 10.2 Å². The van der Waals surface area contributed by atoms with Crippen molar-refractivity contribution in [3.8, 4) is 0 Å². The second-order valence-corrected chi connectivity index (χ2v) is 9.46. The van der Waals surface area contributed by atoms with Gasteiger partial charge in [0.25, 0.3) is 0 Å². The molecule has 8 heteroatoms. The van der Waals surface area contributed by atoms with Gasteiger partial charge in [0.05, 0.1) is 5.75 Å². The molecule has 0 heterocycles. The quantitative estimate of drug-likeness (QED) is 0.372. The minimum atomic E-state index is -0.618. The van der Waals surface area contributed by atoms with Gasteiger partial charge >= 0.3 is 0 Å². The van der Waals surface area contributed by atoms with Gasteiger partial charge in [-0.1, -0.05) is 66.3 Å². The van der Waals surface area contributed by atoms with E-state index in [1.807, 2.05) is 24.3 Å². The molecule has 0 saturated carbocycles. The Hall–Kier alpha value is -1.40. The number of nitrogens with one attached hydrogen (secondary N) is 1. The number of carbonyl (C=O) groups excluding carboxylic acids is 2. The molecule has 4 nitrogen and oxygen atoms in total. The fourth-order valence-electron chi connectivity index (χ4n) is 2.87. The molecule has 0 saturated heterocycles. The highest BCUT2D eigenvalue weighted by Crippen LogP contribution is 2.24. The van der Waals surface area contributed by atoms with Crippen molar-refractivity contribution in [1.29, 1.82) is 0 Å². The Balaban J connectivity index is 2.08. The normalized spacial score (nSPS) is 11.8. The number of hydrogen-bond donors (Lipinski definition) is 1. The van der Waals surface area contributed by atoms with Crippen LogP contribution < -0.4 is 5.32 Å². The van der Waals surface area contributed by atoms with Gasteiger partial charge in [-0.2, -0.15) is 0 Å². The average molecular weight is 502 g/mol. The van der Waals surface area contributed by atoms with E-state index in [4.69, 9.17) is 34.8 Å². The highest BCUT2D eigenvalue weighted by atomic mass is 35.5. The van der Waals surface area contributed by atoms with E-state index in [0.717, 1.165) is 24.0 Å². The molecule has 2 rings (SSSR count). The SMILES string of the molecule is CCCCNC(=O)[C@H](C)N(Cc1ccc(Cl)cc1Cl)C(=O)CSCc1ccc(Cl)cc1. The van der Waals surface area contributed by atoms with Crippen molar-refractivity contribution in [2.75, 3.05) is 12.3 Å². The van der Waals surface area contributed by atoms with Crippen molar-refractivity contribution in [3.63, 3.8) is 0 Å². The number of nitrogens with zero attached hydrogens (tertiary/aromatic N) is 1. The van der Waals surface area contributed by atoms with Gasteiger partial charge in [0.2, 0.25) is 11.8 Å². The number of halogens is 3. The summed E-state index contributed by atoms with van der Waals surface area (Å²) in [5, 5.41) is 4.58. The first-order valence-electron chi connectivity index (χ1n) is 10.1. The van der Waals surface area contributed by atoms with E-state index in [1.54, 1.807) is 30.0 Å². The maximum atomic E-state index is 13.1. The van der Waals surface area contributed by atoms with Crippen LogP contribution in [0.3, 0.4) is 0 Å². The average Bonchev–Trinajstić information content (AvgIpc) is 2.74. The minimum Gasteiger partial charge on any atom is -0.354 e. The number of amides is 2. The lowest BCUT2D eigenvalue weighted by atomic mass is 10.1. The molecule has 2 aromatic carbocycles. The molecule has 0 spiro atoms. The third-order valence-electron chi connectivity index (χ3n) is 4.76. The van der Waals surface area contributed by atoms with Gasteiger partial charge in [-0.25, -0.2) is 0 Å². The fourth-order valence-corrected chi connectivity index (χ4v) is 4.34. The van der Waals surface area contributed by atoms with Crippen LogP contribution in [-0.2, 0) is 21.9 Å². The van der Waals surface area contributed by atoms with E-state index in [2.05, 4.69) is 12.2 Å². The Bertz CT molecular complexity index is 878. The number of benzene rings is 2. The van der Waals surface area contributed by atoms with E-state index in [0.29, 0.717) is 27.4 Å². The minimum absolute atomic E-state index is 0.122. The summed E-state index contributed by atoms with van der Waals surface area (Å²) < 4.78 is 0. The van der Waals surface area contributed by atoms with Gasteiger partial charge in [-0.15, -0.1) is 11.8 Å². The van der Waals surface area contributed by atoms with Crippen LogP contribution in [0.25, 0.3) is 0 Å². The molecule has 0 aliphatic carbocycles. The van der Waals surface area contributed by atoms with Crippen molar-refractivity contribution >= 4 is 58.4 Å². The Kier molecular flexibility index (Phi) is 11.0. The smallest absolute Gasteiger partial charge is 0.242 e. The van der Waals surface area contributed by atoms with E-state index in [1.165, 1.54) is 11.8 Å². The van der Waals surface area contributed by atoms with Crippen LogP contribution in [0, 0.1) is 0 Å². The Morgan fingerprint density at radius 1 is 1.06 bits per heavy atom. The lowest BCUT2D eigenvalue weighted by Gasteiger charge is -2.29. The first-order chi connectivity index (χ1) is 14.8. The zero-order chi connectivity index (χ0) is 22.8. The third kappa shape index (κ3) is 8.57. The number of carbonyl (C=O) groups is 2. The van der Waals surface area contributed by atoms with Crippen LogP contribution >= 0.6 is 46.6 Å². The second-order valence-electron chi connectivity index (χ2n) is 7.20. The van der Waals surface area contributed by atoms with E-state index >= 15 is 0 Å². The Morgan fingerprint density at radius 2 is 1.74 bits per heavy atom. The molecule has 0 unspecified atom stereocenters. The van der Waals surface area contributed by atoms with E-state index < -0.39 is 6.04 Å². The lowest BCUT2D eigenvalue weighted by Crippen LogP contribution is -2.48. The van der Waals surface area contributed by atoms with E-state index in [-0.39, 0.29) is 24.1 Å². The lowest BCUT2D eigenvalue weighted by molar-refractivity contribution is -0.138. The second kappa shape index (κ2) is 13.2. The molecule has 0 bridgehead atoms. The van der Waals surface area contributed by atoms with Crippen LogP contribution in [0.15, 0.2) is 42.5 Å². The summed E-state index contributed by atoms with van der Waals surface area (Å²) >= 11 is 19.7. The van der Waals surface area contributed by atoms with Gasteiger partial charge in [0.15, 0.2) is 0 Å². The molecule has 2 amide bonds. The van der Waals surface area contributed by atoms with Crippen LogP contribution in [0.5, 0.6) is 0 Å². The predicted molar refractivity (Wildman–Crippen MR) is 132 cm³/mol. The molecule has 1 atom stereocenters. The molecule has 0 aromatic heterocycles. The summed E-state index contributed by atoms with van der Waals surface area (Å²) in [4.78, 5) is 27.3. The molecule has 0 aliphatic heterocycles. The standard InChI is InChI=1S/C23H27Cl3N2O2S/c1-3-4-11-27-23(30)16(2)28(13-18-7-10-20(25)12-21(18)26)22(29)15-31-14-17-5-8-19(24)9-6-17/h5-10,12,16H,3-4,11,13-15H2,1-2H3,(H,27,30)/t16-/m0/s1. The Morgan fingerprint density at radius 3 is 2.39 bits per heavy atom. The molecular weight excluding hydrogens is 475 g/mol. The molecule has 31 heavy (non-hydrogen) atoms. The predicted octanol–water partition coefficient (Wildman–Crippen LogP) is 6.21. The summed E-state index contributed by atoms with van der Waals surface area (Å²) in [7, 11) is 0. The first kappa shape index (κ1) is 25.9. The maximum Gasteiger partial charge on any atom is 0.242 e. The van der Waals surface area contributed by atoms with Crippen LogP contribution in [0.2, 0.25) is 15.1 Å². The summed E-state index contributed by atoms with van der Waals surface area (Å²) in [6, 6.07) is 12.1. The van der Waals surface area contributed by atoms with Crippen LogP contribution in [0.1, 0.15) is 37.8 Å². The van der Waals surface area contributed by atoms with Gasteiger partial charge in [-0.3, -0.25) is 9.59 Å². The largest absolute Gasteiger partial charge is 0.354 e. The molecule has 1 N–H and O–H groups in total. The van der Waals surface area contributed by atoms with E-state index in [9.17, 15) is 9.59 Å². The summed E-state index contributed by atoms with van der Waals surface area (Å²) in [6.07, 6.45) is 1.88. The van der Waals surface area contributed by atoms with Crippen molar-refractivity contribution in [2.24, 2.45) is 0 Å². The molecule has 0 radical (unpaired) electrons. The molecule has 168 valence electrons. The number of rotatable bonds is 11. The number of thioether (sulfide) groups is 1. The number of hydrogen-bond acceptors (Lipinski definition) is 3. The summed E-state index contributed by atoms with van der Waals surface area (Å²) in [5.74, 6) is 0.633. The highest BCUT2D eigenvalue weighted by molar-refractivity contribution is 7.99. The van der Waals surface area contributed by atoms with Gasteiger partial charge in [0, 0.05) is 33.9 Å². The van der Waals surface area contributed by atoms with Crippen molar-refractivity contribution in [1.82, 2.24) is 10.2 Å². The third-order valence-corrected chi connectivity index (χ3v) is 6.59. The fraction of sp³-hybridized carbons (Fsp3) is 0.391. The van der Waals surface area contributed by atoms with Gasteiger partial charge in [0.1, 0.15) is 6.04 Å². The summed E-state index contributed by atoms with van der Waals surface area (Å²) in [6.45, 7) is 4.63. The first-order valence-corrected chi connectivity index (χ1v) is 12.4. The van der Waals surface area contributed by atoms with Crippen molar-refractivity contribution in [3.05, 3.63) is 68.7 Å². The summed E-state index contributed by atoms with van der Waals surface area (Å²) in [5.41, 5.74) is 1.83. The molecular formula is C23H27Cl3N2O2S. The molecule has 0 aliphatic rings. The monoisotopic (exact) mass is 500 g/mol. The van der Waals surface area contributed by atoms with Crippen LogP contribution in [0.4, 0.5) is 0 Å². The number of unbranched alkanes of at least 4 members (excludes halogenated alkanes) is 1. The maximum absolute atomic E-state index is 13.1. The van der Waals surface area contributed by atoms with Crippen molar-refractivity contribution < 1.29 is 9.59 Å². The van der Waals surface area contributed by atoms with Crippen molar-refractivity contribution in [2.45, 2.75) is 45.0 Å². The topological polar surface area (TPSA) is 49.4 Å². The highest BCUT2D eigenvalue weighted by Gasteiger charge is 2.26. The van der Waals surface area contributed by atoms with Crippen LogP contribution in [-0.4, -0.2) is 35.1 Å². The van der Waals surface area contributed by atoms with Gasteiger partial charge in [-0.05, 0) is 48.7 Å². The zero-order valence-corrected chi connectivity index (χ0v) is 20.8. The molecule has 2 aromatic rings. The molecule has 0 fully saturated rings. The Labute approximate surface area is 203 Å².